The minimum Gasteiger partial charge on any atom is -0.508 e. The van der Waals surface area contributed by atoms with Crippen LogP contribution in [-0.4, -0.2) is 5.11 Å². The van der Waals surface area contributed by atoms with Crippen molar-refractivity contribution in [1.29, 1.82) is 0 Å². The van der Waals surface area contributed by atoms with E-state index in [1.165, 1.54) is 0 Å². The molecule has 1 unspecified atom stereocenters. The van der Waals surface area contributed by atoms with Gasteiger partial charge in [-0.2, -0.15) is 0 Å². The van der Waals surface area contributed by atoms with Gasteiger partial charge in [-0.25, -0.2) is 0 Å². The number of para-hydroxylation sites is 1. The predicted octanol–water partition coefficient (Wildman–Crippen LogP) is 4.70. The van der Waals surface area contributed by atoms with Gasteiger partial charge in [-0.15, -0.1) is 0 Å². The molecule has 0 aliphatic rings. The third kappa shape index (κ3) is 2.65. The molecule has 1 atom stereocenters. The van der Waals surface area contributed by atoms with Crippen molar-refractivity contribution >= 4 is 0 Å². The van der Waals surface area contributed by atoms with Crippen molar-refractivity contribution in [2.75, 3.05) is 0 Å². The number of phenolic OH excluding ortho intramolecular Hbond substituents is 1. The van der Waals surface area contributed by atoms with E-state index in [9.17, 15) is 5.11 Å². The maximum Gasteiger partial charge on any atom is 0.134 e. The first kappa shape index (κ1) is 12.5. The van der Waals surface area contributed by atoms with Crippen molar-refractivity contribution in [1.82, 2.24) is 0 Å². The fourth-order valence-electron chi connectivity index (χ4n) is 1.94. The van der Waals surface area contributed by atoms with Gasteiger partial charge in [0.25, 0.3) is 0 Å². The van der Waals surface area contributed by atoms with Crippen LogP contribution in [0.4, 0.5) is 0 Å². The summed E-state index contributed by atoms with van der Waals surface area (Å²) in [7, 11) is 0. The van der Waals surface area contributed by atoms with E-state index in [2.05, 4.69) is 13.8 Å². The molecule has 2 heteroatoms. The van der Waals surface area contributed by atoms with Crippen molar-refractivity contribution < 1.29 is 9.84 Å². The number of aromatic hydroxyl groups is 1. The predicted molar refractivity (Wildman–Crippen MR) is 73.3 cm³/mol. The first-order valence-electron chi connectivity index (χ1n) is 6.27. The SMILES string of the molecule is CCC(C)c1c(O)cccc1Oc1ccccc1. The maximum atomic E-state index is 9.99. The van der Waals surface area contributed by atoms with Gasteiger partial charge >= 0.3 is 0 Å². The zero-order chi connectivity index (χ0) is 13.0. The standard InChI is InChI=1S/C16H18O2/c1-3-12(2)16-14(17)10-7-11-15(16)18-13-8-5-4-6-9-13/h4-12,17H,3H2,1-2H3. The largest absolute Gasteiger partial charge is 0.508 e. The van der Waals surface area contributed by atoms with Crippen molar-refractivity contribution in [3.63, 3.8) is 0 Å². The Morgan fingerprint density at radius 2 is 1.78 bits per heavy atom. The van der Waals surface area contributed by atoms with E-state index in [0.29, 0.717) is 5.75 Å². The molecule has 2 rings (SSSR count). The second-order valence-electron chi connectivity index (χ2n) is 4.41. The van der Waals surface area contributed by atoms with E-state index in [4.69, 9.17) is 4.74 Å². The normalized spacial score (nSPS) is 12.1. The molecule has 2 aromatic carbocycles. The minimum absolute atomic E-state index is 0.268. The highest BCUT2D eigenvalue weighted by Gasteiger charge is 2.15. The quantitative estimate of drug-likeness (QED) is 0.842. The molecule has 0 bridgehead atoms. The zero-order valence-electron chi connectivity index (χ0n) is 10.8. The molecule has 0 aliphatic heterocycles. The van der Waals surface area contributed by atoms with Crippen molar-refractivity contribution in [2.24, 2.45) is 0 Å². The van der Waals surface area contributed by atoms with Crippen LogP contribution in [0, 0.1) is 0 Å². The number of phenols is 1. The van der Waals surface area contributed by atoms with Gasteiger partial charge in [0.15, 0.2) is 0 Å². The Balaban J connectivity index is 2.36. The summed E-state index contributed by atoms with van der Waals surface area (Å²) in [6.45, 7) is 4.19. The number of hydrogen-bond donors (Lipinski definition) is 1. The molecule has 0 spiro atoms. The van der Waals surface area contributed by atoms with Crippen molar-refractivity contribution in [3.05, 3.63) is 54.1 Å². The van der Waals surface area contributed by atoms with Crippen LogP contribution in [0.3, 0.4) is 0 Å². The van der Waals surface area contributed by atoms with Gasteiger partial charge in [-0.3, -0.25) is 0 Å². The number of ether oxygens (including phenoxy) is 1. The summed E-state index contributed by atoms with van der Waals surface area (Å²) < 4.78 is 5.85. The summed E-state index contributed by atoms with van der Waals surface area (Å²) in [4.78, 5) is 0. The van der Waals surface area contributed by atoms with Crippen LogP contribution in [-0.2, 0) is 0 Å². The molecule has 1 N–H and O–H groups in total. The first-order chi connectivity index (χ1) is 8.72. The molecular weight excluding hydrogens is 224 g/mol. The maximum absolute atomic E-state index is 9.99. The van der Waals surface area contributed by atoms with Crippen LogP contribution in [0.25, 0.3) is 0 Å². The molecule has 0 radical (unpaired) electrons. The van der Waals surface area contributed by atoms with Crippen LogP contribution in [0.2, 0.25) is 0 Å². The Kier molecular flexibility index (Phi) is 3.88. The highest BCUT2D eigenvalue weighted by molar-refractivity contribution is 5.47. The molecule has 0 saturated carbocycles. The molecular formula is C16H18O2. The Morgan fingerprint density at radius 3 is 2.44 bits per heavy atom. The van der Waals surface area contributed by atoms with Crippen LogP contribution in [0.5, 0.6) is 17.2 Å². The summed E-state index contributed by atoms with van der Waals surface area (Å²) >= 11 is 0. The summed E-state index contributed by atoms with van der Waals surface area (Å²) in [5.74, 6) is 2.09. The van der Waals surface area contributed by atoms with E-state index in [1.54, 1.807) is 12.1 Å². The molecule has 0 amide bonds. The fraction of sp³-hybridized carbons (Fsp3) is 0.250. The van der Waals surface area contributed by atoms with E-state index < -0.39 is 0 Å². The average molecular weight is 242 g/mol. The molecule has 0 aliphatic carbocycles. The summed E-state index contributed by atoms with van der Waals surface area (Å²) in [6, 6.07) is 15.0. The molecule has 94 valence electrons. The Labute approximate surface area is 108 Å². The highest BCUT2D eigenvalue weighted by atomic mass is 16.5. The Hall–Kier alpha value is -1.96. The van der Waals surface area contributed by atoms with Gasteiger partial charge in [0.1, 0.15) is 17.2 Å². The highest BCUT2D eigenvalue weighted by Crippen LogP contribution is 2.37. The van der Waals surface area contributed by atoms with Gasteiger partial charge in [0, 0.05) is 5.56 Å². The van der Waals surface area contributed by atoms with Crippen LogP contribution in [0.15, 0.2) is 48.5 Å². The van der Waals surface area contributed by atoms with Gasteiger partial charge in [-0.05, 0) is 36.6 Å². The number of hydrogen-bond acceptors (Lipinski definition) is 2. The first-order valence-corrected chi connectivity index (χ1v) is 6.27. The van der Waals surface area contributed by atoms with E-state index in [0.717, 1.165) is 23.5 Å². The minimum atomic E-state index is 0.268. The third-order valence-electron chi connectivity index (χ3n) is 3.12. The smallest absolute Gasteiger partial charge is 0.134 e. The van der Waals surface area contributed by atoms with Crippen LogP contribution >= 0.6 is 0 Å². The monoisotopic (exact) mass is 242 g/mol. The van der Waals surface area contributed by atoms with Gasteiger partial charge < -0.3 is 9.84 Å². The molecule has 0 heterocycles. The van der Waals surface area contributed by atoms with Gasteiger partial charge in [-0.1, -0.05) is 38.1 Å². The summed E-state index contributed by atoms with van der Waals surface area (Å²) in [5.41, 5.74) is 0.879. The fourth-order valence-corrected chi connectivity index (χ4v) is 1.94. The van der Waals surface area contributed by atoms with Crippen LogP contribution < -0.4 is 4.74 Å². The van der Waals surface area contributed by atoms with Gasteiger partial charge in [0.05, 0.1) is 0 Å². The second-order valence-corrected chi connectivity index (χ2v) is 4.41. The number of rotatable bonds is 4. The lowest BCUT2D eigenvalue weighted by Gasteiger charge is -2.16. The van der Waals surface area contributed by atoms with E-state index in [-0.39, 0.29) is 5.92 Å². The van der Waals surface area contributed by atoms with E-state index >= 15 is 0 Å². The molecule has 0 fully saturated rings. The molecule has 0 aromatic heterocycles. The lowest BCUT2D eigenvalue weighted by molar-refractivity contribution is 0.434. The lowest BCUT2D eigenvalue weighted by Crippen LogP contribution is -1.96. The third-order valence-corrected chi connectivity index (χ3v) is 3.12. The molecule has 2 nitrogen and oxygen atoms in total. The molecule has 2 aromatic rings. The van der Waals surface area contributed by atoms with Crippen molar-refractivity contribution in [3.8, 4) is 17.2 Å². The zero-order valence-corrected chi connectivity index (χ0v) is 10.8. The van der Waals surface area contributed by atoms with Crippen LogP contribution in [0.1, 0.15) is 31.7 Å². The summed E-state index contributed by atoms with van der Waals surface area (Å²) in [6.07, 6.45) is 0.961. The Morgan fingerprint density at radius 1 is 1.06 bits per heavy atom. The summed E-state index contributed by atoms with van der Waals surface area (Å²) in [5, 5.41) is 9.99. The second kappa shape index (κ2) is 5.58. The number of benzene rings is 2. The Bertz CT molecular complexity index is 506. The molecule has 18 heavy (non-hydrogen) atoms. The average Bonchev–Trinajstić information content (AvgIpc) is 2.39. The molecule has 0 saturated heterocycles. The van der Waals surface area contributed by atoms with E-state index in [1.807, 2.05) is 36.4 Å². The lowest BCUT2D eigenvalue weighted by atomic mass is 9.96. The van der Waals surface area contributed by atoms with Crippen molar-refractivity contribution in [2.45, 2.75) is 26.2 Å². The van der Waals surface area contributed by atoms with Gasteiger partial charge in [0.2, 0.25) is 0 Å². The topological polar surface area (TPSA) is 29.5 Å².